The summed E-state index contributed by atoms with van der Waals surface area (Å²) in [5, 5.41) is 29.3. The molecule has 0 fully saturated rings. The van der Waals surface area contributed by atoms with E-state index >= 15 is 0 Å². The average molecular weight is 266 g/mol. The fourth-order valence-electron chi connectivity index (χ4n) is 2.41. The smallest absolute Gasteiger partial charge is 0.350 e. The first-order valence-corrected chi connectivity index (χ1v) is 6.12. The van der Waals surface area contributed by atoms with Crippen LogP contribution in [0, 0.1) is 20.8 Å². The van der Waals surface area contributed by atoms with Crippen molar-refractivity contribution >= 4 is 5.97 Å². The summed E-state index contributed by atoms with van der Waals surface area (Å²) in [6.07, 6.45) is -1.00. The second-order valence-electron chi connectivity index (χ2n) is 5.27. The molecule has 104 valence electrons. The van der Waals surface area contributed by atoms with Gasteiger partial charge in [-0.3, -0.25) is 0 Å². The molecule has 1 aliphatic heterocycles. The van der Waals surface area contributed by atoms with E-state index in [-0.39, 0.29) is 12.2 Å². The van der Waals surface area contributed by atoms with Crippen LogP contribution >= 0.6 is 0 Å². The molecule has 0 bridgehead atoms. The molecule has 1 aliphatic rings. The number of benzene rings is 1. The lowest BCUT2D eigenvalue weighted by Crippen LogP contribution is -2.55. The van der Waals surface area contributed by atoms with Crippen LogP contribution in [0.15, 0.2) is 0 Å². The summed E-state index contributed by atoms with van der Waals surface area (Å²) in [6, 6.07) is 0. The van der Waals surface area contributed by atoms with E-state index in [1.807, 2.05) is 0 Å². The zero-order valence-electron chi connectivity index (χ0n) is 11.4. The highest BCUT2D eigenvalue weighted by Gasteiger charge is 2.48. The topological polar surface area (TPSA) is 87.0 Å². The second-order valence-corrected chi connectivity index (χ2v) is 5.27. The van der Waals surface area contributed by atoms with Gasteiger partial charge >= 0.3 is 5.97 Å². The third-order valence-corrected chi connectivity index (χ3v) is 4.11. The molecule has 2 atom stereocenters. The fourth-order valence-corrected chi connectivity index (χ4v) is 2.41. The average Bonchev–Trinajstić information content (AvgIpc) is 2.36. The molecule has 3 N–H and O–H groups in total. The molecular formula is C14H18O5. The van der Waals surface area contributed by atoms with Gasteiger partial charge in [0, 0.05) is 12.0 Å². The summed E-state index contributed by atoms with van der Waals surface area (Å²) in [6.45, 7) is 6.62. The van der Waals surface area contributed by atoms with Crippen molar-refractivity contribution in [2.24, 2.45) is 0 Å². The van der Waals surface area contributed by atoms with E-state index in [0.29, 0.717) is 28.0 Å². The number of carboxylic acids is 1. The monoisotopic (exact) mass is 266 g/mol. The third-order valence-electron chi connectivity index (χ3n) is 4.11. The van der Waals surface area contributed by atoms with Gasteiger partial charge in [0.25, 0.3) is 0 Å². The molecule has 0 spiro atoms. The van der Waals surface area contributed by atoms with Gasteiger partial charge in [0.05, 0.1) is 0 Å². The van der Waals surface area contributed by atoms with Crippen molar-refractivity contribution in [3.8, 4) is 11.5 Å². The Kier molecular flexibility index (Phi) is 2.97. The number of phenolic OH excluding ortho intramolecular Hbond substituents is 1. The number of fused-ring (bicyclic) bond motifs is 1. The molecule has 19 heavy (non-hydrogen) atoms. The molecule has 0 aromatic heterocycles. The minimum Gasteiger partial charge on any atom is -0.507 e. The Hall–Kier alpha value is -1.75. The zero-order chi connectivity index (χ0) is 14.5. The number of aromatic hydroxyl groups is 1. The van der Waals surface area contributed by atoms with E-state index < -0.39 is 17.7 Å². The zero-order valence-corrected chi connectivity index (χ0v) is 11.4. The van der Waals surface area contributed by atoms with Crippen molar-refractivity contribution < 1.29 is 24.9 Å². The van der Waals surface area contributed by atoms with Crippen LogP contribution in [0.3, 0.4) is 0 Å². The van der Waals surface area contributed by atoms with E-state index in [0.717, 1.165) is 0 Å². The van der Waals surface area contributed by atoms with Gasteiger partial charge in [-0.15, -0.1) is 0 Å². The third kappa shape index (κ3) is 1.76. The number of aliphatic hydroxyl groups is 1. The summed E-state index contributed by atoms with van der Waals surface area (Å²) in [5.74, 6) is -0.567. The lowest BCUT2D eigenvalue weighted by molar-refractivity contribution is -0.166. The molecule has 2 unspecified atom stereocenters. The Labute approximate surface area is 111 Å². The predicted molar refractivity (Wildman–Crippen MR) is 68.7 cm³/mol. The summed E-state index contributed by atoms with van der Waals surface area (Å²) in [5.41, 5.74) is 1.02. The number of carbonyl (C=O) groups is 1. The van der Waals surface area contributed by atoms with Gasteiger partial charge in [-0.25, -0.2) is 4.79 Å². The van der Waals surface area contributed by atoms with Gasteiger partial charge in [-0.2, -0.15) is 0 Å². The highest BCUT2D eigenvalue weighted by Crippen LogP contribution is 2.43. The summed E-state index contributed by atoms with van der Waals surface area (Å²) in [7, 11) is 0. The molecule has 1 aromatic rings. The molecule has 5 nitrogen and oxygen atoms in total. The maximum absolute atomic E-state index is 11.3. The lowest BCUT2D eigenvalue weighted by atomic mass is 9.85. The molecule has 0 saturated carbocycles. The maximum atomic E-state index is 11.3. The van der Waals surface area contributed by atoms with Crippen molar-refractivity contribution in [2.45, 2.75) is 45.8 Å². The van der Waals surface area contributed by atoms with E-state index in [1.165, 1.54) is 6.92 Å². The standard InChI is InChI=1S/C14H18O5/c1-6-7(2)12-9(8(3)11(6)16)5-10(15)14(4,19-12)13(17)18/h10,15-16H,5H2,1-4H3,(H,17,18). The quantitative estimate of drug-likeness (QED) is 0.716. The Bertz CT molecular complexity index is 564. The van der Waals surface area contributed by atoms with Gasteiger partial charge < -0.3 is 20.1 Å². The van der Waals surface area contributed by atoms with E-state index in [1.54, 1.807) is 20.8 Å². The van der Waals surface area contributed by atoms with Crippen LogP contribution in [-0.4, -0.2) is 33.0 Å². The minimum absolute atomic E-state index is 0.151. The van der Waals surface area contributed by atoms with Gasteiger partial charge in [-0.1, -0.05) is 0 Å². The van der Waals surface area contributed by atoms with E-state index in [4.69, 9.17) is 4.74 Å². The second kappa shape index (κ2) is 4.13. The Morgan fingerprint density at radius 3 is 2.37 bits per heavy atom. The van der Waals surface area contributed by atoms with Crippen LogP contribution in [0.4, 0.5) is 0 Å². The first-order chi connectivity index (χ1) is 8.70. The highest BCUT2D eigenvalue weighted by molar-refractivity contribution is 5.79. The highest BCUT2D eigenvalue weighted by atomic mass is 16.5. The summed E-state index contributed by atoms with van der Waals surface area (Å²) >= 11 is 0. The summed E-state index contributed by atoms with van der Waals surface area (Å²) in [4.78, 5) is 11.3. The lowest BCUT2D eigenvalue weighted by Gasteiger charge is -2.38. The number of phenols is 1. The molecule has 0 amide bonds. The molecule has 0 aliphatic carbocycles. The van der Waals surface area contributed by atoms with Crippen LogP contribution < -0.4 is 4.74 Å². The molecule has 5 heteroatoms. The van der Waals surface area contributed by atoms with Crippen LogP contribution in [0.5, 0.6) is 11.5 Å². The number of carboxylic acid groups (broad SMARTS) is 1. The van der Waals surface area contributed by atoms with Crippen LogP contribution in [0.1, 0.15) is 29.2 Å². The van der Waals surface area contributed by atoms with Gasteiger partial charge in [-0.05, 0) is 44.4 Å². The molecule has 0 saturated heterocycles. The molecule has 1 aromatic carbocycles. The van der Waals surface area contributed by atoms with Crippen LogP contribution in [0.2, 0.25) is 0 Å². The van der Waals surface area contributed by atoms with E-state index in [9.17, 15) is 20.1 Å². The van der Waals surface area contributed by atoms with Crippen molar-refractivity contribution in [3.05, 3.63) is 22.3 Å². The molecule has 1 heterocycles. The Balaban J connectivity index is 2.67. The predicted octanol–water partition coefficient (Wildman–Crippen LogP) is 1.46. The van der Waals surface area contributed by atoms with Gasteiger partial charge in [0.2, 0.25) is 5.60 Å². The first kappa shape index (κ1) is 13.7. The van der Waals surface area contributed by atoms with Crippen molar-refractivity contribution in [3.63, 3.8) is 0 Å². The molecule has 0 radical (unpaired) electrons. The number of aliphatic carboxylic acids is 1. The Morgan fingerprint density at radius 2 is 1.84 bits per heavy atom. The fraction of sp³-hybridized carbons (Fsp3) is 0.500. The maximum Gasteiger partial charge on any atom is 0.350 e. The number of hydrogen-bond donors (Lipinski definition) is 3. The van der Waals surface area contributed by atoms with Crippen molar-refractivity contribution in [1.82, 2.24) is 0 Å². The van der Waals surface area contributed by atoms with Crippen molar-refractivity contribution in [2.75, 3.05) is 0 Å². The SMILES string of the molecule is Cc1c(C)c2c(c(C)c1O)CC(O)C(C)(C(=O)O)O2. The van der Waals surface area contributed by atoms with Crippen LogP contribution in [0.25, 0.3) is 0 Å². The normalized spacial score (nSPS) is 25.6. The number of rotatable bonds is 1. The number of hydrogen-bond acceptors (Lipinski definition) is 4. The molecule has 2 rings (SSSR count). The van der Waals surface area contributed by atoms with Crippen LogP contribution in [-0.2, 0) is 11.2 Å². The van der Waals surface area contributed by atoms with Crippen molar-refractivity contribution in [1.29, 1.82) is 0 Å². The number of ether oxygens (including phenoxy) is 1. The Morgan fingerprint density at radius 1 is 1.26 bits per heavy atom. The summed E-state index contributed by atoms with van der Waals surface area (Å²) < 4.78 is 5.58. The molecular weight excluding hydrogens is 248 g/mol. The first-order valence-electron chi connectivity index (χ1n) is 6.12. The largest absolute Gasteiger partial charge is 0.507 e. The van der Waals surface area contributed by atoms with Gasteiger partial charge in [0.1, 0.15) is 17.6 Å². The van der Waals surface area contributed by atoms with E-state index in [2.05, 4.69) is 0 Å². The van der Waals surface area contributed by atoms with Gasteiger partial charge in [0.15, 0.2) is 0 Å². The minimum atomic E-state index is -1.66. The number of aliphatic hydroxyl groups excluding tert-OH is 1.